The third kappa shape index (κ3) is 2.51. The Kier molecular flexibility index (Phi) is 3.29. The summed E-state index contributed by atoms with van der Waals surface area (Å²) >= 11 is 0. The number of nitrogens with zero attached hydrogens (tertiary/aromatic N) is 1. The van der Waals surface area contributed by atoms with Crippen LogP contribution in [0.5, 0.6) is 0 Å². The Labute approximate surface area is 115 Å². The normalized spacial score (nSPS) is 17.3. The van der Waals surface area contributed by atoms with E-state index in [1.807, 2.05) is 0 Å². The molecule has 2 aromatic carbocycles. The summed E-state index contributed by atoms with van der Waals surface area (Å²) in [5, 5.41) is 0. The molecule has 0 unspecified atom stereocenters. The molecule has 0 aliphatic heterocycles. The van der Waals surface area contributed by atoms with E-state index < -0.39 is 0 Å². The van der Waals surface area contributed by atoms with Gasteiger partial charge >= 0.3 is 0 Å². The predicted octanol–water partition coefficient (Wildman–Crippen LogP) is 4.03. The van der Waals surface area contributed by atoms with Crippen molar-refractivity contribution in [2.24, 2.45) is 0 Å². The number of anilines is 1. The molecule has 1 aliphatic rings. The summed E-state index contributed by atoms with van der Waals surface area (Å²) < 4.78 is 0. The second-order valence-electron chi connectivity index (χ2n) is 5.70. The van der Waals surface area contributed by atoms with Gasteiger partial charge in [-0.1, -0.05) is 36.4 Å². The second-order valence-corrected chi connectivity index (χ2v) is 5.70. The molecule has 3 rings (SSSR count). The Bertz CT molecular complexity index is 554. The Morgan fingerprint density at radius 3 is 2.47 bits per heavy atom. The van der Waals surface area contributed by atoms with Crippen molar-refractivity contribution >= 4 is 5.69 Å². The van der Waals surface area contributed by atoms with E-state index in [1.54, 1.807) is 11.1 Å². The van der Waals surface area contributed by atoms with E-state index in [2.05, 4.69) is 67.5 Å². The molecule has 1 aliphatic carbocycles. The third-order valence-electron chi connectivity index (χ3n) is 4.19. The van der Waals surface area contributed by atoms with Gasteiger partial charge in [0, 0.05) is 19.8 Å². The molecular weight excluding hydrogens is 230 g/mol. The molecule has 0 heterocycles. The number of fused-ring (bicyclic) bond motifs is 1. The fourth-order valence-electron chi connectivity index (χ4n) is 3.07. The largest absolute Gasteiger partial charge is 0.378 e. The van der Waals surface area contributed by atoms with Gasteiger partial charge < -0.3 is 4.90 Å². The lowest BCUT2D eigenvalue weighted by atomic mass is 9.93. The van der Waals surface area contributed by atoms with Gasteiger partial charge in [0.2, 0.25) is 0 Å². The first kappa shape index (κ1) is 12.3. The molecule has 0 saturated carbocycles. The summed E-state index contributed by atoms with van der Waals surface area (Å²) in [5.41, 5.74) is 5.85. The molecule has 19 heavy (non-hydrogen) atoms. The molecule has 1 nitrogen and oxygen atoms in total. The van der Waals surface area contributed by atoms with Crippen LogP contribution < -0.4 is 4.90 Å². The standard InChI is InChI=1S/C18H21N/c1-19(2)17-11-7-14(8-12-17)13-16-10-9-15-5-3-4-6-18(15)16/h3-8,11-12,16H,9-10,13H2,1-2H3/t16-/m1/s1. The Hall–Kier alpha value is -1.76. The van der Waals surface area contributed by atoms with Crippen LogP contribution in [0.4, 0.5) is 5.69 Å². The fraction of sp³-hybridized carbons (Fsp3) is 0.333. The van der Waals surface area contributed by atoms with Crippen molar-refractivity contribution in [3.05, 3.63) is 65.2 Å². The second kappa shape index (κ2) is 5.08. The number of rotatable bonds is 3. The average molecular weight is 251 g/mol. The zero-order valence-corrected chi connectivity index (χ0v) is 11.8. The highest BCUT2D eigenvalue weighted by molar-refractivity contribution is 5.46. The maximum atomic E-state index is 2.31. The van der Waals surface area contributed by atoms with Gasteiger partial charge in [-0.15, -0.1) is 0 Å². The topological polar surface area (TPSA) is 3.24 Å². The lowest BCUT2D eigenvalue weighted by Crippen LogP contribution is -2.08. The van der Waals surface area contributed by atoms with Gasteiger partial charge in [0.05, 0.1) is 0 Å². The Morgan fingerprint density at radius 2 is 1.74 bits per heavy atom. The van der Waals surface area contributed by atoms with Crippen molar-refractivity contribution in [1.82, 2.24) is 0 Å². The van der Waals surface area contributed by atoms with Crippen molar-refractivity contribution in [2.75, 3.05) is 19.0 Å². The van der Waals surface area contributed by atoms with E-state index in [0.717, 1.165) is 0 Å². The Balaban J connectivity index is 1.76. The highest BCUT2D eigenvalue weighted by atomic mass is 15.1. The lowest BCUT2D eigenvalue weighted by Gasteiger charge is -2.15. The molecule has 0 N–H and O–H groups in total. The van der Waals surface area contributed by atoms with Crippen molar-refractivity contribution < 1.29 is 0 Å². The van der Waals surface area contributed by atoms with Gasteiger partial charge in [-0.3, -0.25) is 0 Å². The minimum Gasteiger partial charge on any atom is -0.378 e. The molecule has 0 saturated heterocycles. The van der Waals surface area contributed by atoms with Gasteiger partial charge in [-0.05, 0) is 54.0 Å². The number of aryl methyl sites for hydroxylation is 1. The summed E-state index contributed by atoms with van der Waals surface area (Å²) in [6, 6.07) is 17.9. The summed E-state index contributed by atoms with van der Waals surface area (Å²) in [7, 11) is 4.17. The summed E-state index contributed by atoms with van der Waals surface area (Å²) in [6.07, 6.45) is 3.72. The molecule has 0 spiro atoms. The van der Waals surface area contributed by atoms with Crippen LogP contribution in [-0.2, 0) is 12.8 Å². The van der Waals surface area contributed by atoms with Gasteiger partial charge in [-0.25, -0.2) is 0 Å². The highest BCUT2D eigenvalue weighted by Crippen LogP contribution is 2.35. The van der Waals surface area contributed by atoms with E-state index >= 15 is 0 Å². The van der Waals surface area contributed by atoms with Gasteiger partial charge in [-0.2, -0.15) is 0 Å². The first-order chi connectivity index (χ1) is 9.24. The summed E-state index contributed by atoms with van der Waals surface area (Å²) in [4.78, 5) is 2.15. The van der Waals surface area contributed by atoms with Crippen molar-refractivity contribution in [3.8, 4) is 0 Å². The van der Waals surface area contributed by atoms with E-state index in [-0.39, 0.29) is 0 Å². The zero-order valence-electron chi connectivity index (χ0n) is 11.8. The monoisotopic (exact) mass is 251 g/mol. The molecule has 98 valence electrons. The van der Waals surface area contributed by atoms with Gasteiger partial charge in [0.15, 0.2) is 0 Å². The van der Waals surface area contributed by atoms with Crippen LogP contribution in [0.15, 0.2) is 48.5 Å². The molecule has 0 bridgehead atoms. The molecule has 1 heteroatoms. The minimum atomic E-state index is 0.710. The highest BCUT2D eigenvalue weighted by Gasteiger charge is 2.21. The van der Waals surface area contributed by atoms with Crippen LogP contribution >= 0.6 is 0 Å². The van der Waals surface area contributed by atoms with Crippen LogP contribution in [0.1, 0.15) is 29.0 Å². The molecule has 2 aromatic rings. The van der Waals surface area contributed by atoms with E-state index in [9.17, 15) is 0 Å². The van der Waals surface area contributed by atoms with E-state index in [0.29, 0.717) is 5.92 Å². The molecule has 0 amide bonds. The van der Waals surface area contributed by atoms with Crippen LogP contribution in [-0.4, -0.2) is 14.1 Å². The Morgan fingerprint density at radius 1 is 1.00 bits per heavy atom. The molecular formula is C18H21N. The third-order valence-corrected chi connectivity index (χ3v) is 4.19. The predicted molar refractivity (Wildman–Crippen MR) is 82.0 cm³/mol. The molecule has 0 fully saturated rings. The quantitative estimate of drug-likeness (QED) is 0.796. The maximum absolute atomic E-state index is 2.31. The lowest BCUT2D eigenvalue weighted by molar-refractivity contribution is 0.674. The van der Waals surface area contributed by atoms with Gasteiger partial charge in [0.1, 0.15) is 0 Å². The molecule has 1 atom stereocenters. The van der Waals surface area contributed by atoms with E-state index in [4.69, 9.17) is 0 Å². The minimum absolute atomic E-state index is 0.710. The van der Waals surface area contributed by atoms with Crippen molar-refractivity contribution in [3.63, 3.8) is 0 Å². The van der Waals surface area contributed by atoms with Crippen LogP contribution in [0.3, 0.4) is 0 Å². The van der Waals surface area contributed by atoms with Crippen molar-refractivity contribution in [2.45, 2.75) is 25.2 Å². The average Bonchev–Trinajstić information content (AvgIpc) is 2.83. The zero-order chi connectivity index (χ0) is 13.2. The smallest absolute Gasteiger partial charge is 0.0361 e. The number of benzene rings is 2. The number of hydrogen-bond acceptors (Lipinski definition) is 1. The first-order valence-electron chi connectivity index (χ1n) is 7.08. The van der Waals surface area contributed by atoms with E-state index in [1.165, 1.54) is 30.5 Å². The van der Waals surface area contributed by atoms with Crippen LogP contribution in [0.25, 0.3) is 0 Å². The summed E-state index contributed by atoms with van der Waals surface area (Å²) in [5.74, 6) is 0.710. The van der Waals surface area contributed by atoms with Gasteiger partial charge in [0.25, 0.3) is 0 Å². The molecule has 0 radical (unpaired) electrons. The van der Waals surface area contributed by atoms with Crippen LogP contribution in [0, 0.1) is 0 Å². The SMILES string of the molecule is CN(C)c1ccc(C[C@H]2CCc3ccccc32)cc1. The maximum Gasteiger partial charge on any atom is 0.0361 e. The molecule has 0 aromatic heterocycles. The summed E-state index contributed by atoms with van der Waals surface area (Å²) in [6.45, 7) is 0. The number of hydrogen-bond donors (Lipinski definition) is 0. The van der Waals surface area contributed by atoms with Crippen molar-refractivity contribution in [1.29, 1.82) is 0 Å². The fourth-order valence-corrected chi connectivity index (χ4v) is 3.07. The first-order valence-corrected chi connectivity index (χ1v) is 7.08. The van der Waals surface area contributed by atoms with Crippen LogP contribution in [0.2, 0.25) is 0 Å².